The van der Waals surface area contributed by atoms with Gasteiger partial charge in [-0.1, -0.05) is 11.3 Å². The molecule has 0 spiro atoms. The summed E-state index contributed by atoms with van der Waals surface area (Å²) in [7, 11) is -3.66. The Morgan fingerprint density at radius 3 is 2.50 bits per heavy atom. The van der Waals surface area contributed by atoms with E-state index >= 15 is 0 Å². The molecule has 0 saturated heterocycles. The lowest BCUT2D eigenvalue weighted by Crippen LogP contribution is -2.12. The van der Waals surface area contributed by atoms with E-state index in [9.17, 15) is 8.42 Å². The van der Waals surface area contributed by atoms with Gasteiger partial charge in [0.1, 0.15) is 0 Å². The zero-order valence-corrected chi connectivity index (χ0v) is 12.0. The van der Waals surface area contributed by atoms with E-state index in [1.807, 2.05) is 6.07 Å². The van der Waals surface area contributed by atoms with Crippen molar-refractivity contribution < 1.29 is 8.42 Å². The van der Waals surface area contributed by atoms with Crippen LogP contribution in [0, 0.1) is 11.3 Å². The maximum atomic E-state index is 12.0. The molecule has 0 saturated carbocycles. The minimum atomic E-state index is -3.66. The molecule has 18 heavy (non-hydrogen) atoms. The third-order valence-electron chi connectivity index (χ3n) is 1.99. The molecule has 8 heteroatoms. The van der Waals surface area contributed by atoms with E-state index < -0.39 is 10.0 Å². The number of hydrogen-bond donors (Lipinski definition) is 1. The van der Waals surface area contributed by atoms with Crippen LogP contribution >= 0.6 is 27.3 Å². The second-order valence-corrected chi connectivity index (χ2v) is 7.30. The van der Waals surface area contributed by atoms with Gasteiger partial charge in [0.2, 0.25) is 0 Å². The molecular weight excluding hydrogens is 338 g/mol. The Balaban J connectivity index is 2.28. The Hall–Kier alpha value is -1.43. The van der Waals surface area contributed by atoms with Crippen molar-refractivity contribution >= 4 is 42.4 Å². The molecular formula is C10H6BrN3O2S2. The lowest BCUT2D eigenvalue weighted by atomic mass is 10.2. The molecule has 1 N–H and O–H groups in total. The van der Waals surface area contributed by atoms with Gasteiger partial charge in [0.25, 0.3) is 10.0 Å². The van der Waals surface area contributed by atoms with Crippen molar-refractivity contribution in [1.82, 2.24) is 4.98 Å². The summed E-state index contributed by atoms with van der Waals surface area (Å²) in [6.07, 6.45) is 1.52. The number of hydrogen-bond acceptors (Lipinski definition) is 5. The molecule has 1 aromatic carbocycles. The average Bonchev–Trinajstić information content (AvgIpc) is 2.74. The predicted molar refractivity (Wildman–Crippen MR) is 71.8 cm³/mol. The van der Waals surface area contributed by atoms with Crippen molar-refractivity contribution in [3.8, 4) is 6.07 Å². The van der Waals surface area contributed by atoms with Crippen LogP contribution in [0.5, 0.6) is 0 Å². The van der Waals surface area contributed by atoms with Crippen molar-refractivity contribution in [3.63, 3.8) is 0 Å². The number of rotatable bonds is 3. The highest BCUT2D eigenvalue weighted by atomic mass is 79.9. The number of nitriles is 1. The van der Waals surface area contributed by atoms with Crippen LogP contribution < -0.4 is 4.72 Å². The number of sulfonamides is 1. The van der Waals surface area contributed by atoms with Gasteiger partial charge in [-0.2, -0.15) is 5.26 Å². The smallest absolute Gasteiger partial charge is 0.255 e. The van der Waals surface area contributed by atoms with E-state index in [0.29, 0.717) is 5.56 Å². The number of anilines is 1. The van der Waals surface area contributed by atoms with Crippen LogP contribution in [0.1, 0.15) is 5.56 Å². The van der Waals surface area contributed by atoms with E-state index in [-0.39, 0.29) is 10.0 Å². The summed E-state index contributed by atoms with van der Waals surface area (Å²) in [6, 6.07) is 7.59. The van der Waals surface area contributed by atoms with Crippen molar-refractivity contribution in [2.45, 2.75) is 4.90 Å². The molecule has 0 bridgehead atoms. The van der Waals surface area contributed by atoms with Crippen LogP contribution in [-0.2, 0) is 10.0 Å². The molecule has 0 fully saturated rings. The van der Waals surface area contributed by atoms with Gasteiger partial charge in [0, 0.05) is 0 Å². The fourth-order valence-corrected chi connectivity index (χ4v) is 3.53. The molecule has 0 amide bonds. The fraction of sp³-hybridized carbons (Fsp3) is 0. The minimum absolute atomic E-state index is 0.0906. The van der Waals surface area contributed by atoms with Gasteiger partial charge in [0.05, 0.1) is 26.5 Å². The predicted octanol–water partition coefficient (Wildman–Crippen LogP) is 2.58. The largest absolute Gasteiger partial charge is 0.263 e. The van der Waals surface area contributed by atoms with Crippen molar-refractivity contribution in [2.24, 2.45) is 0 Å². The number of halogens is 1. The van der Waals surface area contributed by atoms with Crippen molar-refractivity contribution in [2.75, 3.05) is 4.72 Å². The molecule has 2 rings (SSSR count). The summed E-state index contributed by atoms with van der Waals surface area (Å²) in [5, 5.41) is 8.92. The van der Waals surface area contributed by atoms with Gasteiger partial charge in [-0.05, 0) is 40.2 Å². The van der Waals surface area contributed by atoms with Gasteiger partial charge in [-0.3, -0.25) is 4.72 Å². The molecule has 1 aromatic heterocycles. The molecule has 0 atom stereocenters. The van der Waals surface area contributed by atoms with Crippen LogP contribution in [0.3, 0.4) is 0 Å². The maximum Gasteiger partial charge on any atom is 0.263 e. The van der Waals surface area contributed by atoms with E-state index in [4.69, 9.17) is 5.26 Å². The van der Waals surface area contributed by atoms with Gasteiger partial charge in [-0.15, -0.1) is 0 Å². The number of nitrogens with zero attached hydrogens (tertiary/aromatic N) is 2. The molecule has 0 aliphatic carbocycles. The Kier molecular flexibility index (Phi) is 3.65. The van der Waals surface area contributed by atoms with E-state index in [0.717, 1.165) is 3.79 Å². The lowest BCUT2D eigenvalue weighted by Gasteiger charge is -2.04. The molecule has 2 aromatic rings. The van der Waals surface area contributed by atoms with Crippen LogP contribution in [0.15, 0.2) is 39.1 Å². The van der Waals surface area contributed by atoms with Gasteiger partial charge in [-0.25, -0.2) is 13.4 Å². The standard InChI is InChI=1S/C10H6BrN3O2S2/c11-9-6-13-10(17-9)14-18(15,16)8-3-1-7(5-12)2-4-8/h1-4,6H,(H,13,14). The fourth-order valence-electron chi connectivity index (χ4n) is 1.18. The van der Waals surface area contributed by atoms with Crippen LogP contribution in [0.4, 0.5) is 5.13 Å². The first-order valence-electron chi connectivity index (χ1n) is 4.65. The monoisotopic (exact) mass is 343 g/mol. The summed E-state index contributed by atoms with van der Waals surface area (Å²) >= 11 is 4.38. The van der Waals surface area contributed by atoms with E-state index in [1.54, 1.807) is 0 Å². The molecule has 0 aliphatic rings. The molecule has 92 valence electrons. The molecule has 0 unspecified atom stereocenters. The first kappa shape index (κ1) is 13.0. The zero-order valence-electron chi connectivity index (χ0n) is 8.79. The average molecular weight is 344 g/mol. The van der Waals surface area contributed by atoms with Crippen LogP contribution in [-0.4, -0.2) is 13.4 Å². The van der Waals surface area contributed by atoms with Crippen molar-refractivity contribution in [3.05, 3.63) is 39.8 Å². The third kappa shape index (κ3) is 2.87. The summed E-state index contributed by atoms with van der Waals surface area (Å²) in [4.78, 5) is 3.98. The Morgan fingerprint density at radius 1 is 1.33 bits per heavy atom. The Labute approximate surface area is 116 Å². The van der Waals surface area contributed by atoms with Crippen LogP contribution in [0.2, 0.25) is 0 Å². The number of aromatic nitrogens is 1. The highest BCUT2D eigenvalue weighted by molar-refractivity contribution is 9.11. The number of nitrogens with one attached hydrogen (secondary N) is 1. The summed E-state index contributed by atoms with van der Waals surface area (Å²) in [5.41, 5.74) is 0.408. The molecule has 5 nitrogen and oxygen atoms in total. The van der Waals surface area contributed by atoms with Crippen molar-refractivity contribution in [1.29, 1.82) is 5.26 Å². The summed E-state index contributed by atoms with van der Waals surface area (Å²) in [6.45, 7) is 0. The van der Waals surface area contributed by atoms with Gasteiger partial charge >= 0.3 is 0 Å². The summed E-state index contributed by atoms with van der Waals surface area (Å²) < 4.78 is 27.0. The maximum absolute atomic E-state index is 12.0. The first-order valence-corrected chi connectivity index (χ1v) is 7.75. The second-order valence-electron chi connectivity index (χ2n) is 3.21. The lowest BCUT2D eigenvalue weighted by molar-refractivity contribution is 0.601. The topological polar surface area (TPSA) is 82.8 Å². The number of thiazole rings is 1. The highest BCUT2D eigenvalue weighted by Crippen LogP contribution is 2.25. The Bertz CT molecular complexity index is 701. The summed E-state index contributed by atoms with van der Waals surface area (Å²) in [5.74, 6) is 0. The minimum Gasteiger partial charge on any atom is -0.255 e. The second kappa shape index (κ2) is 5.06. The normalized spacial score (nSPS) is 10.9. The third-order valence-corrected chi connectivity index (χ3v) is 4.87. The highest BCUT2D eigenvalue weighted by Gasteiger charge is 2.15. The molecule has 0 aliphatic heterocycles. The van der Waals surface area contributed by atoms with Gasteiger partial charge < -0.3 is 0 Å². The first-order chi connectivity index (χ1) is 8.51. The van der Waals surface area contributed by atoms with E-state index in [2.05, 4.69) is 25.6 Å². The zero-order chi connectivity index (χ0) is 13.2. The molecule has 0 radical (unpaired) electrons. The quantitative estimate of drug-likeness (QED) is 0.928. The Morgan fingerprint density at radius 2 is 2.00 bits per heavy atom. The van der Waals surface area contributed by atoms with Crippen LogP contribution in [0.25, 0.3) is 0 Å². The number of benzene rings is 1. The SMILES string of the molecule is N#Cc1ccc(S(=O)(=O)Nc2ncc(Br)s2)cc1. The molecule has 1 heterocycles. The van der Waals surface area contributed by atoms with Gasteiger partial charge in [0.15, 0.2) is 5.13 Å². The van der Waals surface area contributed by atoms with E-state index in [1.165, 1.54) is 41.8 Å².